The number of rotatable bonds is 5. The Morgan fingerprint density at radius 3 is 2.71 bits per heavy atom. The lowest BCUT2D eigenvalue weighted by atomic mass is 10.0. The van der Waals surface area contributed by atoms with Gasteiger partial charge in [-0.2, -0.15) is 5.26 Å². The highest BCUT2D eigenvalue weighted by Gasteiger charge is 2.12. The Morgan fingerprint density at radius 1 is 1.47 bits per heavy atom. The predicted octanol–water partition coefficient (Wildman–Crippen LogP) is 2.08. The Balaban J connectivity index is 2.85. The van der Waals surface area contributed by atoms with Gasteiger partial charge >= 0.3 is 0 Å². The molecule has 0 aliphatic heterocycles. The van der Waals surface area contributed by atoms with Gasteiger partial charge in [0.2, 0.25) is 0 Å². The summed E-state index contributed by atoms with van der Waals surface area (Å²) < 4.78 is 0. The molecular weight excluding hydrogens is 214 g/mol. The van der Waals surface area contributed by atoms with Crippen molar-refractivity contribution in [2.24, 2.45) is 5.92 Å². The smallest absolute Gasteiger partial charge is 0.144 e. The van der Waals surface area contributed by atoms with Gasteiger partial charge in [0.15, 0.2) is 0 Å². The number of nitrogens with zero attached hydrogens (tertiary/aromatic N) is 2. The van der Waals surface area contributed by atoms with Crippen molar-refractivity contribution >= 4 is 5.82 Å². The van der Waals surface area contributed by atoms with Gasteiger partial charge in [-0.05, 0) is 31.4 Å². The molecule has 0 spiro atoms. The molecule has 4 heteroatoms. The first-order valence-electron chi connectivity index (χ1n) is 5.82. The number of aromatic nitrogens is 1. The molecule has 1 aromatic rings. The maximum atomic E-state index is 9.30. The highest BCUT2D eigenvalue weighted by molar-refractivity contribution is 5.52. The molecule has 0 saturated carbocycles. The molecule has 0 aliphatic carbocycles. The van der Waals surface area contributed by atoms with E-state index in [4.69, 9.17) is 5.26 Å². The van der Waals surface area contributed by atoms with Crippen molar-refractivity contribution in [3.63, 3.8) is 0 Å². The molecule has 17 heavy (non-hydrogen) atoms. The van der Waals surface area contributed by atoms with Crippen LogP contribution < -0.4 is 5.32 Å². The molecule has 1 unspecified atom stereocenters. The second-order valence-electron chi connectivity index (χ2n) is 4.61. The van der Waals surface area contributed by atoms with Crippen LogP contribution >= 0.6 is 0 Å². The standard InChI is InChI=1S/C13H19N3O/c1-9(2)6-12(8-17)16-13-11(7-14)5-4-10(3)15-13/h4-5,9,12,17H,6,8H2,1-3H3,(H,15,16). The Morgan fingerprint density at radius 2 is 2.18 bits per heavy atom. The van der Waals surface area contributed by atoms with Gasteiger partial charge in [0.05, 0.1) is 18.2 Å². The van der Waals surface area contributed by atoms with Crippen LogP contribution in [0.3, 0.4) is 0 Å². The molecule has 92 valence electrons. The van der Waals surface area contributed by atoms with Gasteiger partial charge in [-0.15, -0.1) is 0 Å². The van der Waals surface area contributed by atoms with E-state index in [9.17, 15) is 5.11 Å². The summed E-state index contributed by atoms with van der Waals surface area (Å²) in [7, 11) is 0. The Bertz CT molecular complexity index is 410. The lowest BCUT2D eigenvalue weighted by molar-refractivity contribution is 0.259. The zero-order valence-electron chi connectivity index (χ0n) is 10.6. The van der Waals surface area contributed by atoms with Gasteiger partial charge in [-0.1, -0.05) is 13.8 Å². The molecule has 2 N–H and O–H groups in total. The largest absolute Gasteiger partial charge is 0.394 e. The topological polar surface area (TPSA) is 68.9 Å². The summed E-state index contributed by atoms with van der Waals surface area (Å²) >= 11 is 0. The first-order chi connectivity index (χ1) is 8.06. The van der Waals surface area contributed by atoms with E-state index in [1.807, 2.05) is 6.92 Å². The zero-order valence-corrected chi connectivity index (χ0v) is 10.6. The highest BCUT2D eigenvalue weighted by Crippen LogP contribution is 2.16. The van der Waals surface area contributed by atoms with Crippen molar-refractivity contribution in [1.82, 2.24) is 4.98 Å². The molecule has 0 saturated heterocycles. The van der Waals surface area contributed by atoms with Gasteiger partial charge in [0.25, 0.3) is 0 Å². The van der Waals surface area contributed by atoms with Crippen molar-refractivity contribution in [2.45, 2.75) is 33.2 Å². The fourth-order valence-electron chi connectivity index (χ4n) is 1.70. The normalized spacial score (nSPS) is 12.2. The number of aliphatic hydroxyl groups excluding tert-OH is 1. The molecule has 0 radical (unpaired) electrons. The molecule has 1 aromatic heterocycles. The minimum Gasteiger partial charge on any atom is -0.394 e. The lowest BCUT2D eigenvalue weighted by Crippen LogP contribution is -2.26. The minimum absolute atomic E-state index is 0.0403. The van der Waals surface area contributed by atoms with E-state index in [1.54, 1.807) is 12.1 Å². The predicted molar refractivity (Wildman–Crippen MR) is 67.6 cm³/mol. The highest BCUT2D eigenvalue weighted by atomic mass is 16.3. The van der Waals surface area contributed by atoms with Crippen LogP contribution in [0.15, 0.2) is 12.1 Å². The Hall–Kier alpha value is -1.60. The van der Waals surface area contributed by atoms with Gasteiger partial charge in [0.1, 0.15) is 11.9 Å². The number of aryl methyl sites for hydroxylation is 1. The van der Waals surface area contributed by atoms with Crippen LogP contribution in [0.4, 0.5) is 5.82 Å². The quantitative estimate of drug-likeness (QED) is 0.817. The van der Waals surface area contributed by atoms with Crippen LogP contribution in [0.5, 0.6) is 0 Å². The van der Waals surface area contributed by atoms with Crippen LogP contribution in [-0.2, 0) is 0 Å². The first-order valence-corrected chi connectivity index (χ1v) is 5.82. The van der Waals surface area contributed by atoms with E-state index in [0.717, 1.165) is 12.1 Å². The summed E-state index contributed by atoms with van der Waals surface area (Å²) in [5.74, 6) is 1.04. The van der Waals surface area contributed by atoms with E-state index >= 15 is 0 Å². The second-order valence-corrected chi connectivity index (χ2v) is 4.61. The Kier molecular flexibility index (Phi) is 4.92. The van der Waals surface area contributed by atoms with Crippen LogP contribution in [0.25, 0.3) is 0 Å². The average Bonchev–Trinajstić information content (AvgIpc) is 2.28. The molecular formula is C13H19N3O. The molecule has 0 bridgehead atoms. The number of hydrogen-bond donors (Lipinski definition) is 2. The van der Waals surface area contributed by atoms with E-state index in [-0.39, 0.29) is 12.6 Å². The van der Waals surface area contributed by atoms with Crippen LogP contribution in [0.2, 0.25) is 0 Å². The second kappa shape index (κ2) is 6.21. The number of aliphatic hydroxyl groups is 1. The summed E-state index contributed by atoms with van der Waals surface area (Å²) in [4.78, 5) is 4.29. The molecule has 1 heterocycles. The molecule has 0 aromatic carbocycles. The van der Waals surface area contributed by atoms with Gasteiger partial charge < -0.3 is 10.4 Å². The fraction of sp³-hybridized carbons (Fsp3) is 0.538. The fourth-order valence-corrected chi connectivity index (χ4v) is 1.70. The van der Waals surface area contributed by atoms with Crippen LogP contribution in [-0.4, -0.2) is 22.7 Å². The minimum atomic E-state index is -0.0589. The third kappa shape index (κ3) is 4.04. The molecule has 0 aliphatic rings. The zero-order chi connectivity index (χ0) is 12.8. The summed E-state index contributed by atoms with van der Waals surface area (Å²) in [5, 5.41) is 21.4. The van der Waals surface area contributed by atoms with Crippen LogP contribution in [0, 0.1) is 24.2 Å². The van der Waals surface area contributed by atoms with E-state index < -0.39 is 0 Å². The van der Waals surface area contributed by atoms with Crippen molar-refractivity contribution < 1.29 is 5.11 Å². The molecule has 0 fully saturated rings. The third-order valence-corrected chi connectivity index (χ3v) is 2.47. The van der Waals surface area contributed by atoms with E-state index in [1.165, 1.54) is 0 Å². The van der Waals surface area contributed by atoms with Gasteiger partial charge in [-0.25, -0.2) is 4.98 Å². The maximum absolute atomic E-state index is 9.30. The SMILES string of the molecule is Cc1ccc(C#N)c(NC(CO)CC(C)C)n1. The summed E-state index contributed by atoms with van der Waals surface area (Å²) in [5.41, 5.74) is 1.37. The first kappa shape index (κ1) is 13.5. The summed E-state index contributed by atoms with van der Waals surface area (Å²) in [6, 6.07) is 5.59. The van der Waals surface area contributed by atoms with Crippen molar-refractivity contribution in [3.8, 4) is 6.07 Å². The van der Waals surface area contributed by atoms with Gasteiger partial charge in [0, 0.05) is 5.69 Å². The van der Waals surface area contributed by atoms with E-state index in [2.05, 4.69) is 30.2 Å². The maximum Gasteiger partial charge on any atom is 0.144 e. The molecule has 4 nitrogen and oxygen atoms in total. The number of anilines is 1. The van der Waals surface area contributed by atoms with Crippen molar-refractivity contribution in [1.29, 1.82) is 5.26 Å². The number of nitrogens with one attached hydrogen (secondary N) is 1. The number of nitriles is 1. The number of pyridine rings is 1. The monoisotopic (exact) mass is 233 g/mol. The Labute approximate surface area is 102 Å². The average molecular weight is 233 g/mol. The van der Waals surface area contributed by atoms with E-state index in [0.29, 0.717) is 17.3 Å². The molecule has 1 rings (SSSR count). The summed E-state index contributed by atoms with van der Waals surface area (Å²) in [6.07, 6.45) is 0.844. The molecule has 0 amide bonds. The lowest BCUT2D eigenvalue weighted by Gasteiger charge is -2.19. The van der Waals surface area contributed by atoms with Crippen molar-refractivity contribution in [2.75, 3.05) is 11.9 Å². The van der Waals surface area contributed by atoms with Gasteiger partial charge in [-0.3, -0.25) is 0 Å². The van der Waals surface area contributed by atoms with Crippen LogP contribution in [0.1, 0.15) is 31.5 Å². The molecule has 1 atom stereocenters. The third-order valence-electron chi connectivity index (χ3n) is 2.47. The van der Waals surface area contributed by atoms with Crippen molar-refractivity contribution in [3.05, 3.63) is 23.4 Å². The summed E-state index contributed by atoms with van der Waals surface area (Å²) in [6.45, 7) is 6.11. The number of hydrogen-bond acceptors (Lipinski definition) is 4.